The highest BCUT2D eigenvalue weighted by atomic mass is 32.2. The summed E-state index contributed by atoms with van der Waals surface area (Å²) in [5, 5.41) is 13.1. The lowest BCUT2D eigenvalue weighted by Gasteiger charge is -2.21. The number of hydrogen-bond acceptors (Lipinski definition) is 4. The van der Waals surface area contributed by atoms with Crippen LogP contribution in [0, 0.1) is 0 Å². The van der Waals surface area contributed by atoms with Gasteiger partial charge in [0.15, 0.2) is 0 Å². The number of amides is 1. The van der Waals surface area contributed by atoms with Crippen LogP contribution in [0.4, 0.5) is 0 Å². The van der Waals surface area contributed by atoms with Gasteiger partial charge in [-0.1, -0.05) is 171 Å². The Balaban J connectivity index is 3.87. The minimum atomic E-state index is -4.34. The fraction of sp³-hybridized carbons (Fsp3) is 0.732. The Labute approximate surface area is 296 Å². The van der Waals surface area contributed by atoms with E-state index in [1.54, 1.807) is 6.08 Å². The van der Waals surface area contributed by atoms with E-state index < -0.39 is 28.0 Å². The van der Waals surface area contributed by atoms with Crippen LogP contribution >= 0.6 is 0 Å². The molecule has 0 heterocycles. The van der Waals surface area contributed by atoms with E-state index in [4.69, 9.17) is 0 Å². The molecular formula is C41H73NO5S. The number of aliphatic hydroxyl groups is 1. The van der Waals surface area contributed by atoms with Crippen molar-refractivity contribution in [1.82, 2.24) is 5.32 Å². The summed E-state index contributed by atoms with van der Waals surface area (Å²) in [4.78, 5) is 12.5. The second kappa shape index (κ2) is 34.9. The SMILES string of the molecule is CC/C=C\C/C=C\C/C=C\C/C=C\CCCCCCCCCCCCC(=O)NC(CS(=O)(=O)O)C(O)/C=C/CCCCCCCCCC. The predicted octanol–water partition coefficient (Wildman–Crippen LogP) is 11.3. The molecule has 2 atom stereocenters. The lowest BCUT2D eigenvalue weighted by Crippen LogP contribution is -2.46. The largest absolute Gasteiger partial charge is 0.387 e. The third-order valence-electron chi connectivity index (χ3n) is 8.45. The third kappa shape index (κ3) is 35.3. The first-order valence-corrected chi connectivity index (χ1v) is 21.1. The number of rotatable bonds is 34. The molecule has 0 aliphatic carbocycles. The Morgan fingerprint density at radius 1 is 0.583 bits per heavy atom. The van der Waals surface area contributed by atoms with Crippen molar-refractivity contribution in [3.8, 4) is 0 Å². The molecule has 0 saturated carbocycles. The van der Waals surface area contributed by atoms with Crippen LogP contribution in [0.5, 0.6) is 0 Å². The Bertz CT molecular complexity index is 983. The van der Waals surface area contributed by atoms with Crippen molar-refractivity contribution in [3.63, 3.8) is 0 Å². The van der Waals surface area contributed by atoms with E-state index in [9.17, 15) is 22.9 Å². The van der Waals surface area contributed by atoms with Crippen molar-refractivity contribution in [2.75, 3.05) is 5.75 Å². The molecule has 0 aromatic heterocycles. The zero-order valence-electron chi connectivity index (χ0n) is 30.8. The van der Waals surface area contributed by atoms with E-state index in [2.05, 4.69) is 67.8 Å². The van der Waals surface area contributed by atoms with Gasteiger partial charge in [-0.3, -0.25) is 9.35 Å². The fourth-order valence-electron chi connectivity index (χ4n) is 5.56. The standard InChI is InChI=1S/C41H73NO5S/c1-3-5-7-9-11-13-15-16-17-18-19-20-21-22-23-24-25-26-27-29-31-33-35-37-41(44)42-39(38-48(45,46)47)40(43)36-34-32-30-28-14-12-10-8-6-4-2/h5,7,11,13,16-17,19-20,34,36,39-40,43H,3-4,6,8-10,12,14-15,18,21-33,35,37-38H2,1-2H3,(H,42,44)(H,45,46,47)/b7-5-,13-11-,17-16-,20-19-,36-34+. The molecule has 2 unspecified atom stereocenters. The van der Waals surface area contributed by atoms with Crippen molar-refractivity contribution < 1.29 is 22.9 Å². The van der Waals surface area contributed by atoms with E-state index in [-0.39, 0.29) is 12.3 Å². The summed E-state index contributed by atoms with van der Waals surface area (Å²) in [7, 11) is -4.34. The summed E-state index contributed by atoms with van der Waals surface area (Å²) in [5.74, 6) is -0.989. The first-order chi connectivity index (χ1) is 23.3. The normalized spacial score (nSPS) is 14.0. The maximum atomic E-state index is 12.5. The molecule has 278 valence electrons. The van der Waals surface area contributed by atoms with Gasteiger partial charge in [0.25, 0.3) is 10.1 Å². The molecule has 1 amide bonds. The average Bonchev–Trinajstić information content (AvgIpc) is 3.05. The number of unbranched alkanes of at least 4 members (excludes halogenated alkanes) is 18. The van der Waals surface area contributed by atoms with Gasteiger partial charge in [0.2, 0.25) is 5.91 Å². The highest BCUT2D eigenvalue weighted by Gasteiger charge is 2.24. The number of nitrogens with one attached hydrogen (secondary N) is 1. The van der Waals surface area contributed by atoms with Crippen LogP contribution in [-0.4, -0.2) is 41.9 Å². The number of allylic oxidation sites excluding steroid dienone is 9. The van der Waals surface area contributed by atoms with Gasteiger partial charge in [0.1, 0.15) is 0 Å². The second-order valence-corrected chi connectivity index (χ2v) is 14.7. The number of aliphatic hydroxyl groups excluding tert-OH is 1. The van der Waals surface area contributed by atoms with E-state index in [0.717, 1.165) is 77.0 Å². The van der Waals surface area contributed by atoms with Crippen molar-refractivity contribution in [2.45, 2.75) is 187 Å². The van der Waals surface area contributed by atoms with Gasteiger partial charge in [-0.25, -0.2) is 0 Å². The van der Waals surface area contributed by atoms with Crippen LogP contribution in [0.1, 0.15) is 174 Å². The van der Waals surface area contributed by atoms with Gasteiger partial charge in [-0.2, -0.15) is 8.42 Å². The first-order valence-electron chi connectivity index (χ1n) is 19.5. The van der Waals surface area contributed by atoms with E-state index in [1.165, 1.54) is 77.0 Å². The van der Waals surface area contributed by atoms with E-state index >= 15 is 0 Å². The molecule has 0 bridgehead atoms. The van der Waals surface area contributed by atoms with E-state index in [1.807, 2.05) is 6.08 Å². The molecule has 0 aromatic rings. The summed E-state index contributed by atoms with van der Waals surface area (Å²) >= 11 is 0. The Morgan fingerprint density at radius 3 is 1.48 bits per heavy atom. The molecule has 3 N–H and O–H groups in total. The van der Waals surface area contributed by atoms with Gasteiger partial charge in [0.05, 0.1) is 17.9 Å². The molecule has 48 heavy (non-hydrogen) atoms. The minimum Gasteiger partial charge on any atom is -0.387 e. The molecule has 0 fully saturated rings. The summed E-state index contributed by atoms with van der Waals surface area (Å²) in [6.45, 7) is 4.37. The molecule has 0 aromatic carbocycles. The molecule has 0 saturated heterocycles. The zero-order valence-corrected chi connectivity index (χ0v) is 31.7. The molecular weight excluding hydrogens is 619 g/mol. The van der Waals surface area contributed by atoms with Gasteiger partial charge >= 0.3 is 0 Å². The highest BCUT2D eigenvalue weighted by Crippen LogP contribution is 2.13. The summed E-state index contributed by atoms with van der Waals surface area (Å²) in [6.07, 6.45) is 47.8. The summed E-state index contributed by atoms with van der Waals surface area (Å²) < 4.78 is 32.3. The number of carbonyl (C=O) groups excluding carboxylic acids is 1. The lowest BCUT2D eigenvalue weighted by atomic mass is 10.0. The van der Waals surface area contributed by atoms with Gasteiger partial charge < -0.3 is 10.4 Å². The third-order valence-corrected chi connectivity index (χ3v) is 9.23. The van der Waals surface area contributed by atoms with Crippen LogP contribution in [0.25, 0.3) is 0 Å². The maximum absolute atomic E-state index is 12.5. The van der Waals surface area contributed by atoms with Crippen molar-refractivity contribution in [1.29, 1.82) is 0 Å². The Morgan fingerprint density at radius 2 is 1.00 bits per heavy atom. The Hall–Kier alpha value is -1.96. The zero-order chi connectivity index (χ0) is 35.4. The number of hydrogen-bond donors (Lipinski definition) is 3. The summed E-state index contributed by atoms with van der Waals surface area (Å²) in [5.41, 5.74) is 0. The minimum absolute atomic E-state index is 0.288. The van der Waals surface area contributed by atoms with Crippen LogP contribution in [-0.2, 0) is 14.9 Å². The first kappa shape index (κ1) is 46.0. The molecule has 7 heteroatoms. The second-order valence-electron chi connectivity index (χ2n) is 13.2. The molecule has 0 aliphatic rings. The smallest absolute Gasteiger partial charge is 0.267 e. The molecule has 6 nitrogen and oxygen atoms in total. The van der Waals surface area contributed by atoms with Crippen molar-refractivity contribution >= 4 is 16.0 Å². The number of carbonyl (C=O) groups is 1. The molecule has 0 rings (SSSR count). The van der Waals surface area contributed by atoms with Crippen molar-refractivity contribution in [2.24, 2.45) is 0 Å². The average molecular weight is 692 g/mol. The van der Waals surface area contributed by atoms with Crippen LogP contribution in [0.3, 0.4) is 0 Å². The van der Waals surface area contributed by atoms with E-state index in [0.29, 0.717) is 0 Å². The molecule has 0 spiro atoms. The van der Waals surface area contributed by atoms with Crippen molar-refractivity contribution in [3.05, 3.63) is 60.8 Å². The van der Waals surface area contributed by atoms with Crippen LogP contribution < -0.4 is 5.32 Å². The summed E-state index contributed by atoms with van der Waals surface area (Å²) in [6, 6.07) is -1.06. The lowest BCUT2D eigenvalue weighted by molar-refractivity contribution is -0.122. The van der Waals surface area contributed by atoms with Gasteiger partial charge in [-0.15, -0.1) is 0 Å². The molecule has 0 radical (unpaired) electrons. The topological polar surface area (TPSA) is 104 Å². The Kier molecular flexibility index (Phi) is 33.5. The van der Waals surface area contributed by atoms with Crippen LogP contribution in [0.15, 0.2) is 60.8 Å². The predicted molar refractivity (Wildman–Crippen MR) is 207 cm³/mol. The maximum Gasteiger partial charge on any atom is 0.267 e. The van der Waals surface area contributed by atoms with Gasteiger partial charge in [0, 0.05) is 6.42 Å². The van der Waals surface area contributed by atoms with Gasteiger partial charge in [-0.05, 0) is 57.8 Å². The fourth-order valence-corrected chi connectivity index (χ4v) is 6.29. The molecule has 0 aliphatic heterocycles. The van der Waals surface area contributed by atoms with Crippen LogP contribution in [0.2, 0.25) is 0 Å². The quantitative estimate of drug-likeness (QED) is 0.0354. The monoisotopic (exact) mass is 692 g/mol. The highest BCUT2D eigenvalue weighted by molar-refractivity contribution is 7.85.